The van der Waals surface area contributed by atoms with E-state index in [1.165, 1.54) is 12.4 Å². The minimum Gasteiger partial charge on any atom is -0.382 e. The van der Waals surface area contributed by atoms with Crippen molar-refractivity contribution in [1.82, 2.24) is 25.5 Å². The molecule has 0 radical (unpaired) electrons. The van der Waals surface area contributed by atoms with E-state index < -0.39 is 0 Å². The summed E-state index contributed by atoms with van der Waals surface area (Å²) in [7, 11) is 0. The minimum atomic E-state index is -0.268. The summed E-state index contributed by atoms with van der Waals surface area (Å²) in [4.78, 5) is 21.8. The fourth-order valence-corrected chi connectivity index (χ4v) is 1.87. The Bertz CT molecular complexity index is 404. The van der Waals surface area contributed by atoms with Gasteiger partial charge in [0.1, 0.15) is 0 Å². The van der Waals surface area contributed by atoms with E-state index >= 15 is 0 Å². The van der Waals surface area contributed by atoms with E-state index in [-0.39, 0.29) is 17.4 Å². The average molecular weight is 250 g/mol. The van der Waals surface area contributed by atoms with Crippen molar-refractivity contribution in [2.45, 2.75) is 0 Å². The highest BCUT2D eigenvalue weighted by atomic mass is 16.1. The van der Waals surface area contributed by atoms with Gasteiger partial charge in [0.05, 0.1) is 0 Å². The van der Waals surface area contributed by atoms with E-state index in [9.17, 15) is 4.79 Å². The molecule has 4 N–H and O–H groups in total. The van der Waals surface area contributed by atoms with Gasteiger partial charge in [-0.3, -0.25) is 9.69 Å². The molecular formula is C11H18N6O. The Kier molecular flexibility index (Phi) is 4.43. The van der Waals surface area contributed by atoms with Gasteiger partial charge >= 0.3 is 0 Å². The van der Waals surface area contributed by atoms with Crippen molar-refractivity contribution in [2.24, 2.45) is 0 Å². The van der Waals surface area contributed by atoms with Crippen LogP contribution >= 0.6 is 0 Å². The highest BCUT2D eigenvalue weighted by molar-refractivity contribution is 5.96. The van der Waals surface area contributed by atoms with Crippen LogP contribution in [0.2, 0.25) is 0 Å². The maximum atomic E-state index is 11.8. The third kappa shape index (κ3) is 3.38. The number of nitrogens with two attached hydrogens (primary N) is 1. The summed E-state index contributed by atoms with van der Waals surface area (Å²) in [5.74, 6) is -0.104. The number of aromatic nitrogens is 2. The molecule has 0 aromatic carbocycles. The monoisotopic (exact) mass is 250 g/mol. The zero-order chi connectivity index (χ0) is 12.8. The van der Waals surface area contributed by atoms with Crippen LogP contribution in [0.25, 0.3) is 0 Å². The van der Waals surface area contributed by atoms with Crippen molar-refractivity contribution < 1.29 is 4.79 Å². The number of carbonyl (C=O) groups excluding carboxylic acids is 1. The number of anilines is 1. The van der Waals surface area contributed by atoms with E-state index in [1.54, 1.807) is 0 Å². The second-order valence-corrected chi connectivity index (χ2v) is 4.14. The molecule has 0 aliphatic carbocycles. The molecule has 1 aromatic rings. The van der Waals surface area contributed by atoms with E-state index in [0.717, 1.165) is 32.7 Å². The fraction of sp³-hybridized carbons (Fsp3) is 0.545. The number of carbonyl (C=O) groups is 1. The molecule has 18 heavy (non-hydrogen) atoms. The normalized spacial score (nSPS) is 16.4. The molecule has 98 valence electrons. The summed E-state index contributed by atoms with van der Waals surface area (Å²) in [6.07, 6.45) is 2.93. The molecule has 7 nitrogen and oxygen atoms in total. The van der Waals surface area contributed by atoms with E-state index in [4.69, 9.17) is 5.73 Å². The van der Waals surface area contributed by atoms with Crippen molar-refractivity contribution in [1.29, 1.82) is 0 Å². The lowest BCUT2D eigenvalue weighted by atomic mass is 10.3. The van der Waals surface area contributed by atoms with E-state index in [0.29, 0.717) is 6.54 Å². The van der Waals surface area contributed by atoms with E-state index in [2.05, 4.69) is 25.5 Å². The van der Waals surface area contributed by atoms with Gasteiger partial charge in [-0.25, -0.2) is 9.97 Å². The van der Waals surface area contributed by atoms with Crippen molar-refractivity contribution in [3.8, 4) is 0 Å². The summed E-state index contributed by atoms with van der Waals surface area (Å²) in [5.41, 5.74) is 5.78. The Hall–Kier alpha value is -1.73. The lowest BCUT2D eigenvalue weighted by molar-refractivity contribution is 0.0943. The molecule has 1 saturated heterocycles. The predicted octanol–water partition coefficient (Wildman–Crippen LogP) is -1.31. The second kappa shape index (κ2) is 6.27. The molecule has 0 unspecified atom stereocenters. The summed E-state index contributed by atoms with van der Waals surface area (Å²) >= 11 is 0. The van der Waals surface area contributed by atoms with Crippen molar-refractivity contribution in [2.75, 3.05) is 45.0 Å². The summed E-state index contributed by atoms with van der Waals surface area (Å²) in [5, 5.41) is 6.09. The molecule has 0 saturated carbocycles. The molecule has 7 heteroatoms. The third-order valence-corrected chi connectivity index (χ3v) is 2.86. The smallest absolute Gasteiger partial charge is 0.273 e. The number of nitrogens with zero attached hydrogens (tertiary/aromatic N) is 3. The number of rotatable bonds is 4. The van der Waals surface area contributed by atoms with Crippen LogP contribution in [0, 0.1) is 0 Å². The molecule has 2 rings (SSSR count). The van der Waals surface area contributed by atoms with Crippen LogP contribution in [0.4, 0.5) is 5.82 Å². The Morgan fingerprint density at radius 2 is 2.11 bits per heavy atom. The Labute approximate surface area is 106 Å². The van der Waals surface area contributed by atoms with Crippen LogP contribution in [-0.2, 0) is 0 Å². The van der Waals surface area contributed by atoms with Crippen molar-refractivity contribution in [3.63, 3.8) is 0 Å². The molecule has 2 heterocycles. The van der Waals surface area contributed by atoms with Gasteiger partial charge in [-0.05, 0) is 0 Å². The Balaban J connectivity index is 1.76. The zero-order valence-electron chi connectivity index (χ0n) is 10.2. The van der Waals surface area contributed by atoms with Crippen LogP contribution in [0.3, 0.4) is 0 Å². The topological polar surface area (TPSA) is 96.2 Å². The lowest BCUT2D eigenvalue weighted by Gasteiger charge is -2.27. The number of nitrogens with one attached hydrogen (secondary N) is 2. The van der Waals surface area contributed by atoms with Gasteiger partial charge in [-0.2, -0.15) is 0 Å². The van der Waals surface area contributed by atoms with Gasteiger partial charge in [-0.1, -0.05) is 0 Å². The van der Waals surface area contributed by atoms with Crippen LogP contribution in [0.15, 0.2) is 12.4 Å². The molecule has 1 fully saturated rings. The fourth-order valence-electron chi connectivity index (χ4n) is 1.87. The summed E-state index contributed by atoms with van der Waals surface area (Å²) in [6, 6.07) is 0. The highest BCUT2D eigenvalue weighted by Gasteiger charge is 2.13. The maximum absolute atomic E-state index is 11.8. The van der Waals surface area contributed by atoms with Crippen LogP contribution in [0.1, 0.15) is 10.5 Å². The largest absolute Gasteiger partial charge is 0.382 e. The first-order valence-corrected chi connectivity index (χ1v) is 6.05. The first kappa shape index (κ1) is 12.7. The van der Waals surface area contributed by atoms with Crippen LogP contribution < -0.4 is 16.4 Å². The average Bonchev–Trinajstić information content (AvgIpc) is 2.40. The Morgan fingerprint density at radius 3 is 2.83 bits per heavy atom. The van der Waals surface area contributed by atoms with Gasteiger partial charge in [0, 0.05) is 51.7 Å². The first-order chi connectivity index (χ1) is 8.77. The van der Waals surface area contributed by atoms with Crippen molar-refractivity contribution >= 4 is 11.7 Å². The molecule has 1 aliphatic heterocycles. The quantitative estimate of drug-likeness (QED) is 0.614. The molecule has 0 spiro atoms. The van der Waals surface area contributed by atoms with Crippen LogP contribution in [-0.4, -0.2) is 60.0 Å². The molecule has 0 atom stereocenters. The van der Waals surface area contributed by atoms with Gasteiger partial charge in [0.2, 0.25) is 0 Å². The molecule has 1 aliphatic rings. The molecule has 1 aromatic heterocycles. The zero-order valence-corrected chi connectivity index (χ0v) is 10.2. The molecule has 1 amide bonds. The number of hydrogen-bond acceptors (Lipinski definition) is 6. The Morgan fingerprint density at radius 1 is 1.39 bits per heavy atom. The van der Waals surface area contributed by atoms with Gasteiger partial charge in [0.15, 0.2) is 11.5 Å². The maximum Gasteiger partial charge on any atom is 0.273 e. The van der Waals surface area contributed by atoms with Gasteiger partial charge < -0.3 is 16.4 Å². The van der Waals surface area contributed by atoms with Gasteiger partial charge in [-0.15, -0.1) is 0 Å². The van der Waals surface area contributed by atoms with Crippen molar-refractivity contribution in [3.05, 3.63) is 18.1 Å². The predicted molar refractivity (Wildman–Crippen MR) is 68.1 cm³/mol. The molecular weight excluding hydrogens is 232 g/mol. The standard InChI is InChI=1S/C11H18N6O/c12-10-9(14-1-2-15-10)11(18)16-5-8-17-6-3-13-4-7-17/h1-2,13H,3-8H2,(H2,12,15)(H,16,18). The third-order valence-electron chi connectivity index (χ3n) is 2.86. The first-order valence-electron chi connectivity index (χ1n) is 6.05. The SMILES string of the molecule is Nc1nccnc1C(=O)NCCN1CCNCC1. The van der Waals surface area contributed by atoms with Gasteiger partial charge in [0.25, 0.3) is 5.91 Å². The minimum absolute atomic E-state index is 0.164. The van der Waals surface area contributed by atoms with E-state index in [1.807, 2.05) is 0 Å². The summed E-state index contributed by atoms with van der Waals surface area (Å²) < 4.78 is 0. The van der Waals surface area contributed by atoms with Crippen LogP contribution in [0.5, 0.6) is 0 Å². The number of nitrogen functional groups attached to an aromatic ring is 1. The summed E-state index contributed by atoms with van der Waals surface area (Å²) in [6.45, 7) is 5.48. The second-order valence-electron chi connectivity index (χ2n) is 4.14. The number of hydrogen-bond donors (Lipinski definition) is 3. The highest BCUT2D eigenvalue weighted by Crippen LogP contribution is 2.01. The number of amides is 1. The number of piperazine rings is 1. The lowest BCUT2D eigenvalue weighted by Crippen LogP contribution is -2.46. The molecule has 0 bridgehead atoms.